The highest BCUT2D eigenvalue weighted by Crippen LogP contribution is 2.26. The number of hydrogen-bond acceptors (Lipinski definition) is 10. The van der Waals surface area contributed by atoms with E-state index in [-0.39, 0.29) is 30.2 Å². The third-order valence-electron chi connectivity index (χ3n) is 7.52. The van der Waals surface area contributed by atoms with E-state index in [1.54, 1.807) is 24.6 Å². The van der Waals surface area contributed by atoms with Gasteiger partial charge in [-0.1, -0.05) is 65.8 Å². The summed E-state index contributed by atoms with van der Waals surface area (Å²) >= 11 is 2.51. The summed E-state index contributed by atoms with van der Waals surface area (Å²) in [6, 6.07) is 18.5. The van der Waals surface area contributed by atoms with Crippen LogP contribution < -0.4 is 16.0 Å². The van der Waals surface area contributed by atoms with Crippen molar-refractivity contribution >= 4 is 46.3 Å². The Kier molecular flexibility index (Phi) is 9.50. The van der Waals surface area contributed by atoms with Crippen molar-refractivity contribution in [1.82, 2.24) is 36.0 Å². The van der Waals surface area contributed by atoms with Crippen molar-refractivity contribution in [2.75, 3.05) is 13.1 Å². The Hall–Kier alpha value is -5.21. The van der Waals surface area contributed by atoms with Gasteiger partial charge in [0.1, 0.15) is 27.2 Å². The van der Waals surface area contributed by atoms with E-state index in [2.05, 4.69) is 31.1 Å². The van der Waals surface area contributed by atoms with Crippen LogP contribution in [-0.2, 0) is 11.2 Å². The van der Waals surface area contributed by atoms with E-state index in [1.165, 1.54) is 33.6 Å². The van der Waals surface area contributed by atoms with E-state index in [0.29, 0.717) is 22.2 Å². The highest BCUT2D eigenvalue weighted by molar-refractivity contribution is 7.10. The quantitative estimate of drug-likeness (QED) is 0.254. The summed E-state index contributed by atoms with van der Waals surface area (Å²) in [6.45, 7) is 3.04. The van der Waals surface area contributed by atoms with Crippen molar-refractivity contribution in [2.45, 2.75) is 38.4 Å². The Morgan fingerprint density at radius 3 is 2.21 bits per heavy atom. The van der Waals surface area contributed by atoms with Gasteiger partial charge >= 0.3 is 0 Å². The van der Waals surface area contributed by atoms with Crippen LogP contribution in [0.3, 0.4) is 0 Å². The monoisotopic (exact) mass is 669 g/mol. The van der Waals surface area contributed by atoms with Crippen LogP contribution in [-0.4, -0.2) is 56.7 Å². The molecule has 4 bridgehead atoms. The molecule has 5 aromatic rings. The zero-order chi connectivity index (χ0) is 32.9. The lowest BCUT2D eigenvalue weighted by molar-refractivity contribution is -0.122. The summed E-state index contributed by atoms with van der Waals surface area (Å²) in [5, 5.41) is 17.2. The standard InChI is InChI=1S/C33H31N7O5S2/c1-19-13-24(39-45-19)33(44)40-15-25(22-11-7-4-8-12-22)36-30(43)27-18-47-32(38-27)23(14-21-9-5-3-6-10-21)35-29(42)26-17-46-31(37-26)20(2)34-28(41)16-40/h3-13,17-18,20,23,25H,14-16H2,1-2H3,(H,34,41)(H,35,42)(H,36,43)/t20-,23+,25-/m0/s1. The Bertz CT molecular complexity index is 1890. The molecule has 6 rings (SSSR count). The maximum absolute atomic E-state index is 13.7. The number of benzene rings is 2. The maximum atomic E-state index is 13.7. The average Bonchev–Trinajstić information content (AvgIpc) is 3.85. The Balaban J connectivity index is 1.38. The first-order valence-electron chi connectivity index (χ1n) is 14.9. The van der Waals surface area contributed by atoms with Gasteiger partial charge in [0.2, 0.25) is 5.91 Å². The molecule has 3 N–H and O–H groups in total. The second-order valence-electron chi connectivity index (χ2n) is 11.1. The van der Waals surface area contributed by atoms with Crippen LogP contribution >= 0.6 is 22.7 Å². The van der Waals surface area contributed by atoms with Crippen molar-refractivity contribution in [1.29, 1.82) is 0 Å². The van der Waals surface area contributed by atoms with Crippen LogP contribution in [0.25, 0.3) is 0 Å². The zero-order valence-electron chi connectivity index (χ0n) is 25.5. The minimum atomic E-state index is -0.712. The lowest BCUT2D eigenvalue weighted by Crippen LogP contribution is -2.46. The second-order valence-corrected chi connectivity index (χ2v) is 12.9. The number of amides is 4. The lowest BCUT2D eigenvalue weighted by atomic mass is 10.1. The van der Waals surface area contributed by atoms with Gasteiger partial charge in [-0.15, -0.1) is 22.7 Å². The molecule has 12 nitrogen and oxygen atoms in total. The summed E-state index contributed by atoms with van der Waals surface area (Å²) < 4.78 is 5.14. The van der Waals surface area contributed by atoms with Crippen LogP contribution in [0.5, 0.6) is 0 Å². The molecule has 3 atom stereocenters. The van der Waals surface area contributed by atoms with Crippen LogP contribution in [0.2, 0.25) is 0 Å². The maximum Gasteiger partial charge on any atom is 0.276 e. The number of carbonyl (C=O) groups excluding carboxylic acids is 4. The van der Waals surface area contributed by atoms with Gasteiger partial charge < -0.3 is 25.4 Å². The molecule has 1 aliphatic rings. The van der Waals surface area contributed by atoms with Gasteiger partial charge in [-0.05, 0) is 31.4 Å². The molecule has 0 saturated carbocycles. The number of nitrogens with one attached hydrogen (secondary N) is 3. The van der Waals surface area contributed by atoms with Crippen molar-refractivity contribution in [2.24, 2.45) is 0 Å². The number of thiazole rings is 2. The molecule has 0 spiro atoms. The fraction of sp³-hybridized carbons (Fsp3) is 0.242. The summed E-state index contributed by atoms with van der Waals surface area (Å²) in [7, 11) is 0. The van der Waals surface area contributed by atoms with Gasteiger partial charge in [0.05, 0.1) is 24.7 Å². The summed E-state index contributed by atoms with van der Waals surface area (Å²) in [6.07, 6.45) is 0.440. The summed E-state index contributed by atoms with van der Waals surface area (Å²) in [5.74, 6) is -1.44. The first kappa shape index (κ1) is 31.8. The largest absolute Gasteiger partial charge is 0.361 e. The predicted octanol–water partition coefficient (Wildman–Crippen LogP) is 4.41. The second kappa shape index (κ2) is 14.1. The minimum Gasteiger partial charge on any atom is -0.361 e. The van der Waals surface area contributed by atoms with Crippen molar-refractivity contribution in [3.63, 3.8) is 0 Å². The van der Waals surface area contributed by atoms with Gasteiger partial charge in [-0.3, -0.25) is 19.2 Å². The molecule has 2 aromatic carbocycles. The van der Waals surface area contributed by atoms with Crippen molar-refractivity contribution < 1.29 is 23.7 Å². The van der Waals surface area contributed by atoms with E-state index in [0.717, 1.165) is 11.1 Å². The Morgan fingerprint density at radius 1 is 0.894 bits per heavy atom. The minimum absolute atomic E-state index is 0.0350. The molecule has 0 unspecified atom stereocenters. The van der Waals surface area contributed by atoms with Crippen LogP contribution in [0.4, 0.5) is 0 Å². The number of carbonyl (C=O) groups is 4. The van der Waals surface area contributed by atoms with Gasteiger partial charge in [-0.2, -0.15) is 0 Å². The third-order valence-corrected chi connectivity index (χ3v) is 9.51. The van der Waals surface area contributed by atoms with E-state index in [9.17, 15) is 19.2 Å². The molecule has 1 aliphatic heterocycles. The molecule has 0 radical (unpaired) electrons. The van der Waals surface area contributed by atoms with Crippen LogP contribution in [0.15, 0.2) is 82.0 Å². The average molecular weight is 670 g/mol. The number of aromatic nitrogens is 3. The first-order chi connectivity index (χ1) is 22.7. The van der Waals surface area contributed by atoms with Gasteiger partial charge in [0.25, 0.3) is 17.7 Å². The fourth-order valence-electron chi connectivity index (χ4n) is 5.17. The molecule has 14 heteroatoms. The first-order valence-corrected chi connectivity index (χ1v) is 16.6. The van der Waals surface area contributed by atoms with Crippen LogP contribution in [0.1, 0.15) is 83.4 Å². The molecule has 0 aliphatic carbocycles. The number of rotatable bonds is 4. The third kappa shape index (κ3) is 7.61. The van der Waals surface area contributed by atoms with E-state index >= 15 is 0 Å². The Labute approximate surface area is 278 Å². The predicted molar refractivity (Wildman–Crippen MR) is 175 cm³/mol. The number of fused-ring (bicyclic) bond motifs is 4. The molecular weight excluding hydrogens is 639 g/mol. The molecule has 0 saturated heterocycles. The van der Waals surface area contributed by atoms with E-state index < -0.39 is 41.8 Å². The SMILES string of the molecule is Cc1cc(C(=O)N2CC(=O)N[C@@H](C)c3nc(cs3)C(=O)N[C@H](Cc3ccccc3)c3nc(cs3)C(=O)N[C@H](c3ccccc3)C2)no1. The zero-order valence-corrected chi connectivity index (χ0v) is 27.1. The highest BCUT2D eigenvalue weighted by atomic mass is 32.1. The molecule has 47 heavy (non-hydrogen) atoms. The highest BCUT2D eigenvalue weighted by Gasteiger charge is 2.29. The lowest BCUT2D eigenvalue weighted by Gasteiger charge is -2.28. The van der Waals surface area contributed by atoms with Gasteiger partial charge in [0, 0.05) is 23.4 Å². The summed E-state index contributed by atoms with van der Waals surface area (Å²) in [4.78, 5) is 64.7. The Morgan fingerprint density at radius 2 is 1.53 bits per heavy atom. The molecular formula is C33H31N7O5S2. The molecule has 4 amide bonds. The number of nitrogens with zero attached hydrogens (tertiary/aromatic N) is 4. The fourth-order valence-corrected chi connectivity index (χ4v) is 6.82. The van der Waals surface area contributed by atoms with Crippen molar-refractivity contribution in [3.05, 3.63) is 121 Å². The smallest absolute Gasteiger partial charge is 0.276 e. The van der Waals surface area contributed by atoms with E-state index in [1.807, 2.05) is 60.7 Å². The topological polar surface area (TPSA) is 159 Å². The van der Waals surface area contributed by atoms with Gasteiger partial charge in [-0.25, -0.2) is 9.97 Å². The molecule has 4 heterocycles. The van der Waals surface area contributed by atoms with Crippen molar-refractivity contribution in [3.8, 4) is 0 Å². The molecule has 240 valence electrons. The molecule has 0 fully saturated rings. The molecule has 3 aromatic heterocycles. The number of hydrogen-bond donors (Lipinski definition) is 3. The normalized spacial score (nSPS) is 19.2. The number of aryl methyl sites for hydroxylation is 1. The summed E-state index contributed by atoms with van der Waals surface area (Å²) in [5.41, 5.74) is 2.09. The van der Waals surface area contributed by atoms with Gasteiger partial charge in [0.15, 0.2) is 5.69 Å². The van der Waals surface area contributed by atoms with E-state index in [4.69, 9.17) is 4.52 Å². The van der Waals surface area contributed by atoms with Crippen LogP contribution in [0, 0.1) is 6.92 Å².